The van der Waals surface area contributed by atoms with Crippen LogP contribution >= 0.6 is 0 Å². The number of benzene rings is 1. The zero-order chi connectivity index (χ0) is 23.8. The Balaban J connectivity index is 1.68. The van der Waals surface area contributed by atoms with Crippen LogP contribution in [0.2, 0.25) is 0 Å². The van der Waals surface area contributed by atoms with E-state index in [1.807, 2.05) is 53.7 Å². The van der Waals surface area contributed by atoms with E-state index >= 15 is 0 Å². The van der Waals surface area contributed by atoms with Gasteiger partial charge in [-0.25, -0.2) is 9.59 Å². The molecule has 1 aliphatic heterocycles. The quantitative estimate of drug-likeness (QED) is 0.589. The summed E-state index contributed by atoms with van der Waals surface area (Å²) in [6.07, 6.45) is 1.35. The van der Waals surface area contributed by atoms with E-state index in [4.69, 9.17) is 14.2 Å². The summed E-state index contributed by atoms with van der Waals surface area (Å²) in [7, 11) is 0. The van der Waals surface area contributed by atoms with Crippen LogP contribution in [0, 0.1) is 5.92 Å². The molecule has 2 amide bonds. The van der Waals surface area contributed by atoms with E-state index in [9.17, 15) is 9.59 Å². The molecule has 1 heterocycles. The number of amides is 2. The van der Waals surface area contributed by atoms with Crippen LogP contribution in [0.25, 0.3) is 0 Å². The van der Waals surface area contributed by atoms with Crippen LogP contribution in [0.1, 0.15) is 54.4 Å². The summed E-state index contributed by atoms with van der Waals surface area (Å²) in [5, 5.41) is 6.12. The fourth-order valence-corrected chi connectivity index (χ4v) is 3.36. The van der Waals surface area contributed by atoms with Crippen molar-refractivity contribution in [3.8, 4) is 5.75 Å². The highest BCUT2D eigenvalue weighted by molar-refractivity contribution is 5.85. The predicted octanol–water partition coefficient (Wildman–Crippen LogP) is 4.65. The summed E-state index contributed by atoms with van der Waals surface area (Å²) >= 11 is 0. The van der Waals surface area contributed by atoms with Gasteiger partial charge in [0.15, 0.2) is 0 Å². The van der Waals surface area contributed by atoms with Crippen molar-refractivity contribution in [3.05, 3.63) is 24.3 Å². The highest BCUT2D eigenvalue weighted by atomic mass is 16.6. The van der Waals surface area contributed by atoms with Gasteiger partial charge >= 0.3 is 12.2 Å². The number of hydrogen-bond acceptors (Lipinski definition) is 6. The lowest BCUT2D eigenvalue weighted by molar-refractivity contribution is 0.0166. The third-order valence-electron chi connectivity index (χ3n) is 4.63. The number of rotatable bonds is 7. The summed E-state index contributed by atoms with van der Waals surface area (Å²) in [4.78, 5) is 26.0. The smallest absolute Gasteiger partial charge is 0.412 e. The molecule has 2 rings (SSSR count). The minimum absolute atomic E-state index is 0.231. The molecule has 180 valence electrons. The largest absolute Gasteiger partial charge is 0.492 e. The first-order chi connectivity index (χ1) is 14.9. The van der Waals surface area contributed by atoms with Crippen LogP contribution < -0.4 is 15.4 Å². The van der Waals surface area contributed by atoms with Gasteiger partial charge in [0.05, 0.1) is 0 Å². The Morgan fingerprint density at radius 3 is 2.50 bits per heavy atom. The second kappa shape index (κ2) is 11.4. The maximum absolute atomic E-state index is 12.3. The van der Waals surface area contributed by atoms with Gasteiger partial charge < -0.3 is 24.4 Å². The van der Waals surface area contributed by atoms with Crippen LogP contribution in [-0.4, -0.2) is 61.1 Å². The molecule has 0 radical (unpaired) electrons. The van der Waals surface area contributed by atoms with E-state index in [0.29, 0.717) is 37.1 Å². The van der Waals surface area contributed by atoms with Gasteiger partial charge in [0.25, 0.3) is 0 Å². The lowest BCUT2D eigenvalue weighted by atomic mass is 9.98. The van der Waals surface area contributed by atoms with Crippen LogP contribution in [0.4, 0.5) is 15.3 Å². The summed E-state index contributed by atoms with van der Waals surface area (Å²) < 4.78 is 16.5. The summed E-state index contributed by atoms with van der Waals surface area (Å²) in [5.74, 6) is 1.08. The molecule has 1 unspecified atom stereocenters. The van der Waals surface area contributed by atoms with Crippen molar-refractivity contribution in [2.75, 3.05) is 38.1 Å². The number of nitrogens with zero attached hydrogens (tertiary/aromatic N) is 1. The van der Waals surface area contributed by atoms with Gasteiger partial charge in [-0.2, -0.15) is 0 Å². The van der Waals surface area contributed by atoms with Gasteiger partial charge in [-0.15, -0.1) is 0 Å². The predicted molar refractivity (Wildman–Crippen MR) is 125 cm³/mol. The van der Waals surface area contributed by atoms with E-state index in [-0.39, 0.29) is 6.09 Å². The SMILES string of the molecule is CC(C)(C)OC(=O)Nc1cccc(OCCNCC2CCCN(C(=O)OC(C)(C)C)C2)c1. The van der Waals surface area contributed by atoms with E-state index < -0.39 is 17.3 Å². The fourth-order valence-electron chi connectivity index (χ4n) is 3.36. The number of carbonyl (C=O) groups is 2. The molecule has 1 atom stereocenters. The molecule has 0 aromatic heterocycles. The molecule has 8 nitrogen and oxygen atoms in total. The van der Waals surface area contributed by atoms with Gasteiger partial charge in [-0.1, -0.05) is 6.07 Å². The third kappa shape index (κ3) is 10.2. The van der Waals surface area contributed by atoms with Crippen molar-refractivity contribution in [3.63, 3.8) is 0 Å². The monoisotopic (exact) mass is 449 g/mol. The molecule has 2 N–H and O–H groups in total. The third-order valence-corrected chi connectivity index (χ3v) is 4.63. The van der Waals surface area contributed by atoms with Gasteiger partial charge in [-0.05, 0) is 79.0 Å². The van der Waals surface area contributed by atoms with Crippen molar-refractivity contribution >= 4 is 17.9 Å². The molecule has 0 aliphatic carbocycles. The molecule has 0 bridgehead atoms. The van der Waals surface area contributed by atoms with Crippen molar-refractivity contribution in [1.82, 2.24) is 10.2 Å². The standard InChI is InChI=1S/C24H39N3O5/c1-23(2,3)31-21(28)26-19-10-7-11-20(15-19)30-14-12-25-16-18-9-8-13-27(17-18)22(29)32-24(4,5)6/h7,10-11,15,18,25H,8-9,12-14,16-17H2,1-6H3,(H,26,28). The molecule has 1 fully saturated rings. The zero-order valence-electron chi connectivity index (χ0n) is 20.3. The topological polar surface area (TPSA) is 89.1 Å². The first-order valence-electron chi connectivity index (χ1n) is 11.3. The maximum atomic E-state index is 12.3. The first-order valence-corrected chi connectivity index (χ1v) is 11.3. The molecule has 1 saturated heterocycles. The van der Waals surface area contributed by atoms with Crippen LogP contribution in [0.15, 0.2) is 24.3 Å². The number of carbonyl (C=O) groups excluding carboxylic acids is 2. The molecule has 1 aromatic rings. The van der Waals surface area contributed by atoms with E-state index in [0.717, 1.165) is 25.9 Å². The zero-order valence-corrected chi connectivity index (χ0v) is 20.3. The summed E-state index contributed by atoms with van der Waals surface area (Å²) in [6.45, 7) is 14.6. The number of nitrogens with one attached hydrogen (secondary N) is 2. The average Bonchev–Trinajstić information content (AvgIpc) is 2.65. The van der Waals surface area contributed by atoms with Crippen LogP contribution in [0.5, 0.6) is 5.75 Å². The Morgan fingerprint density at radius 2 is 1.81 bits per heavy atom. The normalized spacial score (nSPS) is 16.9. The van der Waals surface area contributed by atoms with Gasteiger partial charge in [0, 0.05) is 31.4 Å². The lowest BCUT2D eigenvalue weighted by Crippen LogP contribution is -2.45. The van der Waals surface area contributed by atoms with Gasteiger partial charge in [0.1, 0.15) is 23.6 Å². The lowest BCUT2D eigenvalue weighted by Gasteiger charge is -2.34. The minimum atomic E-state index is -0.549. The molecular weight excluding hydrogens is 410 g/mol. The Kier molecular flexibility index (Phi) is 9.19. The average molecular weight is 450 g/mol. The van der Waals surface area contributed by atoms with E-state index in [1.54, 1.807) is 17.0 Å². The molecule has 8 heteroatoms. The van der Waals surface area contributed by atoms with Crippen molar-refractivity contribution in [2.24, 2.45) is 5.92 Å². The second-order valence-electron chi connectivity index (χ2n) is 10.1. The molecule has 1 aromatic carbocycles. The second-order valence-corrected chi connectivity index (χ2v) is 10.1. The van der Waals surface area contributed by atoms with Gasteiger partial charge in [-0.3, -0.25) is 5.32 Å². The van der Waals surface area contributed by atoms with Crippen LogP contribution in [-0.2, 0) is 9.47 Å². The number of hydrogen-bond donors (Lipinski definition) is 2. The van der Waals surface area contributed by atoms with Gasteiger partial charge in [0.2, 0.25) is 0 Å². The van der Waals surface area contributed by atoms with Crippen LogP contribution in [0.3, 0.4) is 0 Å². The molecule has 32 heavy (non-hydrogen) atoms. The summed E-state index contributed by atoms with van der Waals surface area (Å²) in [6, 6.07) is 7.22. The fraction of sp³-hybridized carbons (Fsp3) is 0.667. The minimum Gasteiger partial charge on any atom is -0.492 e. The highest BCUT2D eigenvalue weighted by Crippen LogP contribution is 2.20. The molecular formula is C24H39N3O5. The molecule has 0 spiro atoms. The Hall–Kier alpha value is -2.48. The molecule has 0 saturated carbocycles. The Labute approximate surface area is 192 Å². The maximum Gasteiger partial charge on any atom is 0.412 e. The Bertz CT molecular complexity index is 755. The highest BCUT2D eigenvalue weighted by Gasteiger charge is 2.27. The van der Waals surface area contributed by atoms with Crippen molar-refractivity contribution < 1.29 is 23.8 Å². The number of ether oxygens (including phenoxy) is 3. The van der Waals surface area contributed by atoms with Crippen molar-refractivity contribution in [1.29, 1.82) is 0 Å². The van der Waals surface area contributed by atoms with Crippen molar-refractivity contribution in [2.45, 2.75) is 65.6 Å². The first kappa shape index (κ1) is 25.8. The van der Waals surface area contributed by atoms with E-state index in [2.05, 4.69) is 10.6 Å². The van der Waals surface area contributed by atoms with E-state index in [1.165, 1.54) is 0 Å². The number of piperidine rings is 1. The number of likely N-dealkylation sites (tertiary alicyclic amines) is 1. The summed E-state index contributed by atoms with van der Waals surface area (Å²) in [5.41, 5.74) is -0.403. The number of anilines is 1. The molecule has 1 aliphatic rings. The Morgan fingerprint density at radius 1 is 1.09 bits per heavy atom.